The van der Waals surface area contributed by atoms with Crippen molar-refractivity contribution >= 4 is 27.7 Å². The molecule has 1 aliphatic rings. The highest BCUT2D eigenvalue weighted by molar-refractivity contribution is 6.01. The normalized spacial score (nSPS) is 20.1. The molecule has 5 aromatic rings. The molecule has 6 rings (SSSR count). The fourth-order valence-corrected chi connectivity index (χ4v) is 5.26. The van der Waals surface area contributed by atoms with E-state index in [1.54, 1.807) is 30.9 Å². The van der Waals surface area contributed by atoms with Crippen LogP contribution in [0.25, 0.3) is 33.1 Å². The van der Waals surface area contributed by atoms with E-state index in [1.807, 2.05) is 41.9 Å². The lowest BCUT2D eigenvalue weighted by Crippen LogP contribution is -2.47. The molecule has 9 nitrogen and oxygen atoms in total. The second-order valence-electron chi connectivity index (χ2n) is 9.75. The molecule has 1 fully saturated rings. The van der Waals surface area contributed by atoms with Crippen LogP contribution in [-0.4, -0.2) is 52.6 Å². The Kier molecular flexibility index (Phi) is 5.49. The van der Waals surface area contributed by atoms with E-state index in [0.29, 0.717) is 24.9 Å². The molecular weight excluding hydrogens is 454 g/mol. The number of pyridine rings is 2. The highest BCUT2D eigenvalue weighted by Crippen LogP contribution is 2.32. The number of hydrogen-bond donors (Lipinski definition) is 3. The molecule has 4 aromatic heterocycles. The maximum absolute atomic E-state index is 13.2. The summed E-state index contributed by atoms with van der Waals surface area (Å²) in [5.41, 5.74) is 4.01. The molecule has 2 atom stereocenters. The van der Waals surface area contributed by atoms with E-state index >= 15 is 0 Å². The molecule has 1 saturated carbocycles. The third kappa shape index (κ3) is 4.22. The first-order chi connectivity index (χ1) is 17.5. The van der Waals surface area contributed by atoms with Crippen LogP contribution in [-0.2, 0) is 6.54 Å². The van der Waals surface area contributed by atoms with Gasteiger partial charge in [0.05, 0.1) is 35.6 Å². The van der Waals surface area contributed by atoms with Crippen molar-refractivity contribution in [2.45, 2.75) is 50.8 Å². The maximum Gasteiger partial charge on any atom is 0.251 e. The number of H-pyrrole nitrogens is 1. The van der Waals surface area contributed by atoms with Crippen LogP contribution in [0.1, 0.15) is 41.7 Å². The summed E-state index contributed by atoms with van der Waals surface area (Å²) >= 11 is 0. The summed E-state index contributed by atoms with van der Waals surface area (Å²) in [4.78, 5) is 21.7. The molecule has 9 heteroatoms. The van der Waals surface area contributed by atoms with Gasteiger partial charge in [0, 0.05) is 46.0 Å². The van der Waals surface area contributed by atoms with Crippen molar-refractivity contribution in [1.82, 2.24) is 35.3 Å². The number of rotatable bonds is 5. The minimum Gasteiger partial charge on any atom is -0.388 e. The third-order valence-corrected chi connectivity index (χ3v) is 7.04. The van der Waals surface area contributed by atoms with Gasteiger partial charge in [0.25, 0.3) is 5.91 Å². The Morgan fingerprint density at radius 2 is 2.14 bits per heavy atom. The summed E-state index contributed by atoms with van der Waals surface area (Å²) in [6, 6.07) is 11.2. The summed E-state index contributed by atoms with van der Waals surface area (Å²) in [5.74, 6) is -0.155. The summed E-state index contributed by atoms with van der Waals surface area (Å²) in [5, 5.41) is 28.4. The Hall–Kier alpha value is -4.11. The molecule has 3 N–H and O–H groups in total. The predicted molar refractivity (Wildman–Crippen MR) is 136 cm³/mol. The van der Waals surface area contributed by atoms with Gasteiger partial charge in [-0.25, -0.2) is 0 Å². The third-order valence-electron chi connectivity index (χ3n) is 7.04. The first-order valence-corrected chi connectivity index (χ1v) is 12.2. The van der Waals surface area contributed by atoms with Gasteiger partial charge in [0.1, 0.15) is 5.69 Å². The fourth-order valence-electron chi connectivity index (χ4n) is 5.26. The van der Waals surface area contributed by atoms with Crippen LogP contribution in [0.3, 0.4) is 0 Å². The topological polar surface area (TPSA) is 122 Å². The summed E-state index contributed by atoms with van der Waals surface area (Å²) in [6.07, 6.45) is 9.83. The number of carbonyl (C=O) groups is 1. The zero-order valence-corrected chi connectivity index (χ0v) is 20.0. The fraction of sp³-hybridized carbons (Fsp3) is 0.296. The zero-order chi connectivity index (χ0) is 24.7. The molecule has 1 aliphatic carbocycles. The number of amides is 1. The van der Waals surface area contributed by atoms with Crippen molar-refractivity contribution in [2.75, 3.05) is 0 Å². The smallest absolute Gasteiger partial charge is 0.251 e. The Labute approximate surface area is 207 Å². The maximum atomic E-state index is 13.2. The van der Waals surface area contributed by atoms with Gasteiger partial charge in [-0.3, -0.25) is 24.5 Å². The van der Waals surface area contributed by atoms with Gasteiger partial charge in [0.15, 0.2) is 0 Å². The number of nitrogens with zero attached hydrogens (tertiary/aromatic N) is 5. The zero-order valence-electron chi connectivity index (χ0n) is 20.0. The molecule has 0 radical (unpaired) electrons. The van der Waals surface area contributed by atoms with E-state index in [2.05, 4.69) is 30.6 Å². The van der Waals surface area contributed by atoms with Gasteiger partial charge in [-0.15, -0.1) is 0 Å². The quantitative estimate of drug-likeness (QED) is 0.351. The Morgan fingerprint density at radius 3 is 3.03 bits per heavy atom. The minimum absolute atomic E-state index is 0.126. The summed E-state index contributed by atoms with van der Waals surface area (Å²) in [7, 11) is 0. The van der Waals surface area contributed by atoms with Crippen LogP contribution in [0, 0.1) is 6.92 Å². The van der Waals surface area contributed by atoms with Crippen LogP contribution < -0.4 is 5.32 Å². The molecule has 36 heavy (non-hydrogen) atoms. The molecule has 0 spiro atoms. The van der Waals surface area contributed by atoms with E-state index in [4.69, 9.17) is 0 Å². The van der Waals surface area contributed by atoms with E-state index in [1.165, 1.54) is 0 Å². The lowest BCUT2D eigenvalue weighted by molar-refractivity contribution is -0.0227. The average Bonchev–Trinajstić information content (AvgIpc) is 3.48. The summed E-state index contributed by atoms with van der Waals surface area (Å²) in [6.45, 7) is 2.30. The van der Waals surface area contributed by atoms with E-state index < -0.39 is 5.60 Å². The molecule has 1 amide bonds. The van der Waals surface area contributed by atoms with Gasteiger partial charge >= 0.3 is 0 Å². The molecule has 0 aliphatic heterocycles. The highest BCUT2D eigenvalue weighted by Gasteiger charge is 2.36. The van der Waals surface area contributed by atoms with Crippen LogP contribution in [0.5, 0.6) is 0 Å². The Morgan fingerprint density at radius 1 is 1.22 bits per heavy atom. The lowest BCUT2D eigenvalue weighted by atomic mass is 9.81. The molecule has 0 bridgehead atoms. The number of benzene rings is 1. The Balaban J connectivity index is 1.20. The van der Waals surface area contributed by atoms with E-state index in [9.17, 15) is 9.90 Å². The van der Waals surface area contributed by atoms with Gasteiger partial charge in [-0.1, -0.05) is 0 Å². The summed E-state index contributed by atoms with van der Waals surface area (Å²) < 4.78 is 1.81. The number of aryl methyl sites for hydroxylation is 1. The van der Waals surface area contributed by atoms with Crippen molar-refractivity contribution in [3.63, 3.8) is 0 Å². The average molecular weight is 482 g/mol. The number of nitrogens with one attached hydrogen (secondary N) is 2. The number of hydrogen-bond acceptors (Lipinski definition) is 6. The van der Waals surface area contributed by atoms with Gasteiger partial charge in [0.2, 0.25) is 0 Å². The predicted octanol–water partition coefficient (Wildman–Crippen LogP) is 3.78. The molecule has 2 unspecified atom stereocenters. The van der Waals surface area contributed by atoms with Crippen LogP contribution >= 0.6 is 0 Å². The SMILES string of the molecule is Cc1cc(-c2n[nH]c3ccc(C(=O)NC4CCCC(O)(Cn5ncc6ccncc65)C4)cc23)ccn1. The number of carbonyl (C=O) groups excluding carboxylic acids is 1. The van der Waals surface area contributed by atoms with Crippen molar-refractivity contribution in [1.29, 1.82) is 0 Å². The van der Waals surface area contributed by atoms with Crippen molar-refractivity contribution in [3.8, 4) is 11.3 Å². The number of aliphatic hydroxyl groups is 1. The first-order valence-electron chi connectivity index (χ1n) is 12.2. The number of fused-ring (bicyclic) bond motifs is 2. The first kappa shape index (κ1) is 22.4. The number of aromatic amines is 1. The largest absolute Gasteiger partial charge is 0.388 e. The second-order valence-corrected chi connectivity index (χ2v) is 9.75. The molecule has 4 heterocycles. The van der Waals surface area contributed by atoms with Crippen molar-refractivity contribution < 1.29 is 9.90 Å². The van der Waals surface area contributed by atoms with Crippen LogP contribution in [0.15, 0.2) is 61.2 Å². The number of aromatic nitrogens is 6. The van der Waals surface area contributed by atoms with Crippen LogP contribution in [0.2, 0.25) is 0 Å². The molecule has 1 aromatic carbocycles. The van der Waals surface area contributed by atoms with Crippen molar-refractivity contribution in [2.24, 2.45) is 0 Å². The minimum atomic E-state index is -0.953. The lowest BCUT2D eigenvalue weighted by Gasteiger charge is -2.37. The van der Waals surface area contributed by atoms with E-state index in [0.717, 1.165) is 51.6 Å². The van der Waals surface area contributed by atoms with E-state index in [-0.39, 0.29) is 11.9 Å². The Bertz CT molecular complexity index is 1570. The van der Waals surface area contributed by atoms with Crippen LogP contribution in [0.4, 0.5) is 0 Å². The monoisotopic (exact) mass is 481 g/mol. The van der Waals surface area contributed by atoms with Crippen molar-refractivity contribution in [3.05, 3.63) is 72.4 Å². The molecular formula is C27H27N7O2. The standard InChI is InChI=1S/C27H27N7O2/c1-17-11-18(7-10-29-17)25-22-12-19(4-5-23(22)32-33-25)26(35)31-21-3-2-8-27(36,13-21)16-34-24-15-28-9-6-20(24)14-30-34/h4-7,9-12,14-15,21,36H,2-3,8,13,16H2,1H3,(H,31,35)(H,32,33). The van der Waals surface area contributed by atoms with Gasteiger partial charge < -0.3 is 10.4 Å². The second kappa shape index (κ2) is 8.83. The van der Waals surface area contributed by atoms with Gasteiger partial charge in [-0.2, -0.15) is 10.2 Å². The highest BCUT2D eigenvalue weighted by atomic mass is 16.3. The molecule has 0 saturated heterocycles. The molecule has 182 valence electrons. The van der Waals surface area contributed by atoms with Gasteiger partial charge in [-0.05, 0) is 69.0 Å².